The van der Waals surface area contributed by atoms with Gasteiger partial charge in [0.25, 0.3) is 0 Å². The molecule has 1 aromatic carbocycles. The predicted molar refractivity (Wildman–Crippen MR) is 84.5 cm³/mol. The van der Waals surface area contributed by atoms with Crippen LogP contribution in [0, 0.1) is 0 Å². The van der Waals surface area contributed by atoms with E-state index in [9.17, 15) is 13.2 Å². The average Bonchev–Trinajstić information content (AvgIpc) is 3.11. The van der Waals surface area contributed by atoms with E-state index in [2.05, 4.69) is 5.32 Å². The number of hydrogen-bond donors (Lipinski definition) is 1. The number of nitrogens with zero attached hydrogens (tertiary/aromatic N) is 1. The van der Waals surface area contributed by atoms with E-state index in [-0.39, 0.29) is 30.4 Å². The van der Waals surface area contributed by atoms with Gasteiger partial charge < -0.3 is 19.7 Å². The summed E-state index contributed by atoms with van der Waals surface area (Å²) in [5, 5.41) is 2.82. The van der Waals surface area contributed by atoms with Crippen molar-refractivity contribution in [2.45, 2.75) is 18.9 Å². The van der Waals surface area contributed by atoms with E-state index in [4.69, 9.17) is 9.47 Å². The standard InChI is InChI=1S/C15H20N2O5S/c1-17(12-5-7-23(19,20)9-12)15(18)16-6-4-11-2-3-13-14(8-11)22-10-21-13/h2-3,8,12H,4-7,9-10H2,1H3,(H,16,18)/t12-/m1/s1. The lowest BCUT2D eigenvalue weighted by atomic mass is 10.1. The maximum Gasteiger partial charge on any atom is 0.317 e. The van der Waals surface area contributed by atoms with Gasteiger partial charge in [-0.3, -0.25) is 0 Å². The van der Waals surface area contributed by atoms with Gasteiger partial charge in [-0.05, 0) is 30.5 Å². The fourth-order valence-corrected chi connectivity index (χ4v) is 4.56. The van der Waals surface area contributed by atoms with Gasteiger partial charge in [0, 0.05) is 19.6 Å². The number of amides is 2. The van der Waals surface area contributed by atoms with Crippen LogP contribution in [0.5, 0.6) is 11.5 Å². The molecular weight excluding hydrogens is 320 g/mol. The molecule has 1 saturated heterocycles. The SMILES string of the molecule is CN(C(=O)NCCc1ccc2c(c1)OCO2)[C@@H]1CCS(=O)(=O)C1. The second-order valence-electron chi connectivity index (χ2n) is 5.84. The van der Waals surface area contributed by atoms with Gasteiger partial charge >= 0.3 is 6.03 Å². The minimum Gasteiger partial charge on any atom is -0.454 e. The first-order valence-corrected chi connectivity index (χ1v) is 9.36. The van der Waals surface area contributed by atoms with Crippen LogP contribution in [0.2, 0.25) is 0 Å². The molecule has 0 saturated carbocycles. The van der Waals surface area contributed by atoms with E-state index in [1.807, 2.05) is 18.2 Å². The van der Waals surface area contributed by atoms with E-state index >= 15 is 0 Å². The summed E-state index contributed by atoms with van der Waals surface area (Å²) in [5.41, 5.74) is 1.04. The molecule has 2 aliphatic heterocycles. The monoisotopic (exact) mass is 340 g/mol. The Morgan fingerprint density at radius 3 is 2.87 bits per heavy atom. The average molecular weight is 340 g/mol. The number of benzene rings is 1. The van der Waals surface area contributed by atoms with Crippen molar-refractivity contribution >= 4 is 15.9 Å². The molecule has 8 heteroatoms. The Kier molecular flexibility index (Phi) is 4.34. The second-order valence-corrected chi connectivity index (χ2v) is 8.07. The smallest absolute Gasteiger partial charge is 0.317 e. The van der Waals surface area contributed by atoms with Crippen molar-refractivity contribution in [2.75, 3.05) is 31.9 Å². The number of carbonyl (C=O) groups excluding carboxylic acids is 1. The van der Waals surface area contributed by atoms with Crippen molar-refractivity contribution < 1.29 is 22.7 Å². The zero-order valence-corrected chi connectivity index (χ0v) is 13.8. The maximum atomic E-state index is 12.1. The van der Waals surface area contributed by atoms with Crippen LogP contribution in [0.15, 0.2) is 18.2 Å². The lowest BCUT2D eigenvalue weighted by Gasteiger charge is -2.23. The molecule has 23 heavy (non-hydrogen) atoms. The van der Waals surface area contributed by atoms with Crippen LogP contribution < -0.4 is 14.8 Å². The number of urea groups is 1. The molecule has 126 valence electrons. The molecule has 2 amide bonds. The Morgan fingerprint density at radius 2 is 2.13 bits per heavy atom. The number of ether oxygens (including phenoxy) is 2. The van der Waals surface area contributed by atoms with Crippen molar-refractivity contribution in [1.29, 1.82) is 0 Å². The van der Waals surface area contributed by atoms with Gasteiger partial charge in [-0.2, -0.15) is 0 Å². The fraction of sp³-hybridized carbons (Fsp3) is 0.533. The molecule has 3 rings (SSSR count). The molecule has 0 aromatic heterocycles. The van der Waals surface area contributed by atoms with E-state index in [1.165, 1.54) is 4.90 Å². The van der Waals surface area contributed by atoms with Gasteiger partial charge in [-0.1, -0.05) is 6.07 Å². The molecule has 0 aliphatic carbocycles. The molecule has 0 radical (unpaired) electrons. The summed E-state index contributed by atoms with van der Waals surface area (Å²) in [6.45, 7) is 0.715. The molecule has 0 bridgehead atoms. The third kappa shape index (κ3) is 3.69. The number of hydrogen-bond acceptors (Lipinski definition) is 5. The molecule has 1 aromatic rings. The highest BCUT2D eigenvalue weighted by atomic mass is 32.2. The summed E-state index contributed by atoms with van der Waals surface area (Å²) in [6, 6.07) is 5.22. The van der Waals surface area contributed by atoms with Crippen molar-refractivity contribution in [3.05, 3.63) is 23.8 Å². The van der Waals surface area contributed by atoms with Crippen LogP contribution in [0.3, 0.4) is 0 Å². The third-order valence-corrected chi connectivity index (χ3v) is 5.95. The lowest BCUT2D eigenvalue weighted by Crippen LogP contribution is -2.44. The Hall–Kier alpha value is -1.96. The quantitative estimate of drug-likeness (QED) is 0.876. The van der Waals surface area contributed by atoms with Crippen LogP contribution in [0.4, 0.5) is 4.79 Å². The largest absolute Gasteiger partial charge is 0.454 e. The summed E-state index contributed by atoms with van der Waals surface area (Å²) in [4.78, 5) is 13.6. The highest BCUT2D eigenvalue weighted by Gasteiger charge is 2.32. The number of sulfone groups is 1. The van der Waals surface area contributed by atoms with Crippen LogP contribution in [-0.2, 0) is 16.3 Å². The molecule has 0 spiro atoms. The lowest BCUT2D eigenvalue weighted by molar-refractivity contribution is 0.174. The summed E-state index contributed by atoms with van der Waals surface area (Å²) in [5.74, 6) is 1.67. The van der Waals surface area contributed by atoms with Crippen LogP contribution in [0.25, 0.3) is 0 Å². The normalized spacial score (nSPS) is 21.2. The van der Waals surface area contributed by atoms with Crippen molar-refractivity contribution in [2.24, 2.45) is 0 Å². The molecule has 2 aliphatic rings. The highest BCUT2D eigenvalue weighted by Crippen LogP contribution is 2.32. The van der Waals surface area contributed by atoms with Crippen LogP contribution in [0.1, 0.15) is 12.0 Å². The van der Waals surface area contributed by atoms with Gasteiger partial charge in [0.05, 0.1) is 11.5 Å². The molecule has 2 heterocycles. The van der Waals surface area contributed by atoms with Gasteiger partial charge in [0.1, 0.15) is 0 Å². The predicted octanol–water partition coefficient (Wildman–Crippen LogP) is 0.786. The first kappa shape index (κ1) is 15.9. The van der Waals surface area contributed by atoms with Crippen LogP contribution >= 0.6 is 0 Å². The highest BCUT2D eigenvalue weighted by molar-refractivity contribution is 7.91. The van der Waals surface area contributed by atoms with Gasteiger partial charge in [0.15, 0.2) is 21.3 Å². The molecular formula is C15H20N2O5S. The summed E-state index contributed by atoms with van der Waals surface area (Å²) in [7, 11) is -1.35. The van der Waals surface area contributed by atoms with E-state index in [0.29, 0.717) is 19.4 Å². The topological polar surface area (TPSA) is 84.9 Å². The summed E-state index contributed by atoms with van der Waals surface area (Å²) >= 11 is 0. The third-order valence-electron chi connectivity index (χ3n) is 4.20. The Morgan fingerprint density at radius 1 is 1.35 bits per heavy atom. The minimum absolute atomic E-state index is 0.0546. The van der Waals surface area contributed by atoms with Crippen molar-refractivity contribution in [3.63, 3.8) is 0 Å². The maximum absolute atomic E-state index is 12.1. The summed E-state index contributed by atoms with van der Waals surface area (Å²) < 4.78 is 33.5. The van der Waals surface area contributed by atoms with Gasteiger partial charge in [-0.25, -0.2) is 13.2 Å². The first-order valence-electron chi connectivity index (χ1n) is 7.54. The molecule has 0 unspecified atom stereocenters. The molecule has 1 N–H and O–H groups in total. The van der Waals surface area contributed by atoms with Crippen molar-refractivity contribution in [3.8, 4) is 11.5 Å². The van der Waals surface area contributed by atoms with E-state index in [0.717, 1.165) is 17.1 Å². The first-order chi connectivity index (χ1) is 10.9. The number of rotatable bonds is 4. The van der Waals surface area contributed by atoms with Crippen molar-refractivity contribution in [1.82, 2.24) is 10.2 Å². The number of fused-ring (bicyclic) bond motifs is 1. The summed E-state index contributed by atoms with van der Waals surface area (Å²) in [6.07, 6.45) is 1.17. The van der Waals surface area contributed by atoms with E-state index in [1.54, 1.807) is 7.05 Å². The number of nitrogens with one attached hydrogen (secondary N) is 1. The Labute approximate surface area is 135 Å². The number of carbonyl (C=O) groups is 1. The van der Waals surface area contributed by atoms with Gasteiger partial charge in [0.2, 0.25) is 6.79 Å². The van der Waals surface area contributed by atoms with E-state index < -0.39 is 9.84 Å². The Balaban J connectivity index is 1.47. The molecule has 1 fully saturated rings. The zero-order chi connectivity index (χ0) is 16.4. The Bertz CT molecular complexity index is 704. The van der Waals surface area contributed by atoms with Crippen LogP contribution in [-0.4, -0.2) is 57.3 Å². The molecule has 7 nitrogen and oxygen atoms in total. The zero-order valence-electron chi connectivity index (χ0n) is 12.9. The second kappa shape index (κ2) is 6.27. The van der Waals surface area contributed by atoms with Gasteiger partial charge in [-0.15, -0.1) is 0 Å². The minimum atomic E-state index is -2.99. The molecule has 1 atom stereocenters. The fourth-order valence-electron chi connectivity index (χ4n) is 2.78.